The van der Waals surface area contributed by atoms with Crippen LogP contribution in [0.15, 0.2) is 34.8 Å². The van der Waals surface area contributed by atoms with E-state index in [4.69, 9.17) is 9.15 Å². The zero-order chi connectivity index (χ0) is 16.7. The predicted molar refractivity (Wildman–Crippen MR) is 88.5 cm³/mol. The summed E-state index contributed by atoms with van der Waals surface area (Å²) < 4.78 is 10.8. The van der Waals surface area contributed by atoms with E-state index in [0.717, 1.165) is 18.4 Å². The molecule has 0 radical (unpaired) electrons. The van der Waals surface area contributed by atoms with Crippen LogP contribution < -0.4 is 10.1 Å². The maximum absolute atomic E-state index is 12.7. The second-order valence-corrected chi connectivity index (χ2v) is 6.42. The van der Waals surface area contributed by atoms with Gasteiger partial charge in [0.25, 0.3) is 0 Å². The van der Waals surface area contributed by atoms with E-state index in [1.807, 2.05) is 12.1 Å². The monoisotopic (exact) mass is 325 g/mol. The van der Waals surface area contributed by atoms with Gasteiger partial charge >= 0.3 is 0 Å². The topological polar surface area (TPSA) is 77.2 Å². The number of amides is 1. The molecule has 2 bridgehead atoms. The van der Waals surface area contributed by atoms with Crippen LogP contribution in [0.4, 0.5) is 5.69 Å². The number of benzene rings is 1. The van der Waals surface area contributed by atoms with Crippen molar-refractivity contribution in [3.63, 3.8) is 0 Å². The highest BCUT2D eigenvalue weighted by atomic mass is 16.5. The molecule has 2 aliphatic carbocycles. The highest BCUT2D eigenvalue weighted by Gasteiger charge is 2.39. The van der Waals surface area contributed by atoms with Crippen molar-refractivity contribution in [2.45, 2.75) is 19.8 Å². The van der Waals surface area contributed by atoms with E-state index in [1.54, 1.807) is 20.1 Å². The van der Waals surface area contributed by atoms with E-state index in [2.05, 4.69) is 27.7 Å². The third kappa shape index (κ3) is 2.58. The fraction of sp³-hybridized carbons (Fsp3) is 0.389. The lowest BCUT2D eigenvalue weighted by molar-refractivity contribution is -0.120. The Balaban J connectivity index is 1.59. The lowest BCUT2D eigenvalue weighted by atomic mass is 9.92. The summed E-state index contributed by atoms with van der Waals surface area (Å²) >= 11 is 0. The molecule has 2 aromatic rings. The summed E-state index contributed by atoms with van der Waals surface area (Å²) in [5.41, 5.74) is 1.38. The first kappa shape index (κ1) is 14.9. The van der Waals surface area contributed by atoms with Crippen LogP contribution in [0.2, 0.25) is 0 Å². The summed E-state index contributed by atoms with van der Waals surface area (Å²) in [4.78, 5) is 12.7. The third-order valence-electron chi connectivity index (χ3n) is 4.85. The summed E-state index contributed by atoms with van der Waals surface area (Å²) in [7, 11) is 1.59. The summed E-state index contributed by atoms with van der Waals surface area (Å²) in [6, 6.07) is 5.44. The SMILES string of the molecule is COc1ccc(-c2nnc(C)o2)cc1NC(=O)[C@H]1C[C@@H]2C=C[C@H]1C2. The van der Waals surface area contributed by atoms with E-state index in [0.29, 0.717) is 35.1 Å². The number of nitrogens with one attached hydrogen (secondary N) is 1. The number of fused-ring (bicyclic) bond motifs is 2. The minimum atomic E-state index is 0.0408. The molecule has 1 heterocycles. The van der Waals surface area contributed by atoms with Crippen molar-refractivity contribution in [2.75, 3.05) is 12.4 Å². The van der Waals surface area contributed by atoms with Crippen LogP contribution in [0, 0.1) is 24.7 Å². The molecule has 1 amide bonds. The number of rotatable bonds is 4. The number of allylic oxidation sites excluding steroid dienone is 2. The summed E-state index contributed by atoms with van der Waals surface area (Å²) in [6.07, 6.45) is 6.43. The normalized spacial score (nSPS) is 24.3. The number of ether oxygens (including phenoxy) is 1. The van der Waals surface area contributed by atoms with E-state index in [-0.39, 0.29) is 11.8 Å². The van der Waals surface area contributed by atoms with Crippen molar-refractivity contribution in [3.05, 3.63) is 36.2 Å². The first-order valence-electron chi connectivity index (χ1n) is 8.11. The average Bonchev–Trinajstić information content (AvgIpc) is 3.31. The molecule has 24 heavy (non-hydrogen) atoms. The second-order valence-electron chi connectivity index (χ2n) is 6.42. The number of methoxy groups -OCH3 is 1. The molecule has 1 fully saturated rings. The molecule has 1 saturated carbocycles. The molecular weight excluding hydrogens is 306 g/mol. The van der Waals surface area contributed by atoms with Gasteiger partial charge in [0.2, 0.25) is 17.7 Å². The van der Waals surface area contributed by atoms with Crippen LogP contribution >= 0.6 is 0 Å². The predicted octanol–water partition coefficient (Wildman–Crippen LogP) is 3.20. The van der Waals surface area contributed by atoms with Gasteiger partial charge in [-0.05, 0) is 42.9 Å². The molecule has 1 aromatic carbocycles. The molecule has 6 nitrogen and oxygen atoms in total. The molecule has 4 rings (SSSR count). The molecule has 1 aromatic heterocycles. The molecule has 124 valence electrons. The number of hydrogen-bond acceptors (Lipinski definition) is 5. The second kappa shape index (κ2) is 5.78. The molecule has 0 spiro atoms. The van der Waals surface area contributed by atoms with Crippen LogP contribution in [0.3, 0.4) is 0 Å². The zero-order valence-corrected chi connectivity index (χ0v) is 13.7. The molecule has 0 aliphatic heterocycles. The average molecular weight is 325 g/mol. The first-order chi connectivity index (χ1) is 11.6. The number of carbonyl (C=O) groups excluding carboxylic acids is 1. The zero-order valence-electron chi connectivity index (χ0n) is 13.7. The Kier molecular flexibility index (Phi) is 3.59. The van der Waals surface area contributed by atoms with E-state index in [1.165, 1.54) is 0 Å². The van der Waals surface area contributed by atoms with Gasteiger partial charge in [-0.2, -0.15) is 0 Å². The summed E-state index contributed by atoms with van der Waals surface area (Å²) in [5.74, 6) is 2.54. The number of anilines is 1. The van der Waals surface area contributed by atoms with Crippen molar-refractivity contribution in [3.8, 4) is 17.2 Å². The van der Waals surface area contributed by atoms with Gasteiger partial charge in [0, 0.05) is 18.4 Å². The maximum Gasteiger partial charge on any atom is 0.247 e. The van der Waals surface area contributed by atoms with E-state index < -0.39 is 0 Å². The summed E-state index contributed by atoms with van der Waals surface area (Å²) in [5, 5.41) is 10.9. The lowest BCUT2D eigenvalue weighted by Gasteiger charge is -2.19. The Labute approximate surface area is 139 Å². The minimum Gasteiger partial charge on any atom is -0.495 e. The fourth-order valence-electron chi connectivity index (χ4n) is 3.66. The number of aryl methyl sites for hydroxylation is 1. The minimum absolute atomic E-state index is 0.0408. The Hall–Kier alpha value is -2.63. The van der Waals surface area contributed by atoms with Crippen molar-refractivity contribution in [1.29, 1.82) is 0 Å². The Morgan fingerprint density at radius 2 is 2.17 bits per heavy atom. The van der Waals surface area contributed by atoms with Gasteiger partial charge in [0.05, 0.1) is 12.8 Å². The van der Waals surface area contributed by atoms with Crippen molar-refractivity contribution in [1.82, 2.24) is 10.2 Å². The Morgan fingerprint density at radius 1 is 1.29 bits per heavy atom. The molecular formula is C18H19N3O3. The standard InChI is InChI=1S/C18H19N3O3/c1-10-20-21-18(24-10)13-5-6-16(23-2)15(9-13)19-17(22)14-8-11-3-4-12(14)7-11/h3-6,9,11-12,14H,7-8H2,1-2H3,(H,19,22)/t11-,12+,14+/m1/s1. The van der Waals surface area contributed by atoms with Gasteiger partial charge in [-0.25, -0.2) is 0 Å². The van der Waals surface area contributed by atoms with Crippen LogP contribution in [0.5, 0.6) is 5.75 Å². The van der Waals surface area contributed by atoms with Crippen molar-refractivity contribution >= 4 is 11.6 Å². The molecule has 6 heteroatoms. The maximum atomic E-state index is 12.7. The van der Waals surface area contributed by atoms with Crippen LogP contribution in [-0.2, 0) is 4.79 Å². The molecule has 0 unspecified atom stereocenters. The largest absolute Gasteiger partial charge is 0.495 e. The van der Waals surface area contributed by atoms with Gasteiger partial charge in [0.1, 0.15) is 5.75 Å². The Morgan fingerprint density at radius 3 is 2.79 bits per heavy atom. The van der Waals surface area contributed by atoms with Gasteiger partial charge in [0.15, 0.2) is 0 Å². The highest BCUT2D eigenvalue weighted by molar-refractivity contribution is 5.95. The van der Waals surface area contributed by atoms with Gasteiger partial charge < -0.3 is 14.5 Å². The van der Waals surface area contributed by atoms with Crippen LogP contribution in [0.1, 0.15) is 18.7 Å². The van der Waals surface area contributed by atoms with Crippen molar-refractivity contribution in [2.24, 2.45) is 17.8 Å². The number of carbonyl (C=O) groups is 1. The van der Waals surface area contributed by atoms with Crippen LogP contribution in [0.25, 0.3) is 11.5 Å². The molecule has 1 N–H and O–H groups in total. The van der Waals surface area contributed by atoms with Gasteiger partial charge in [-0.15, -0.1) is 10.2 Å². The number of aromatic nitrogens is 2. The molecule has 2 aliphatic rings. The Bertz CT molecular complexity index is 812. The van der Waals surface area contributed by atoms with Gasteiger partial charge in [-0.1, -0.05) is 12.2 Å². The molecule has 0 saturated heterocycles. The first-order valence-corrected chi connectivity index (χ1v) is 8.11. The van der Waals surface area contributed by atoms with Crippen molar-refractivity contribution < 1.29 is 13.9 Å². The van der Waals surface area contributed by atoms with E-state index in [9.17, 15) is 4.79 Å². The molecule has 3 atom stereocenters. The van der Waals surface area contributed by atoms with Gasteiger partial charge in [-0.3, -0.25) is 4.79 Å². The highest BCUT2D eigenvalue weighted by Crippen LogP contribution is 2.44. The lowest BCUT2D eigenvalue weighted by Crippen LogP contribution is -2.26. The number of hydrogen-bond donors (Lipinski definition) is 1. The quantitative estimate of drug-likeness (QED) is 0.874. The van der Waals surface area contributed by atoms with E-state index >= 15 is 0 Å². The fourth-order valence-corrected chi connectivity index (χ4v) is 3.66. The smallest absolute Gasteiger partial charge is 0.247 e. The third-order valence-corrected chi connectivity index (χ3v) is 4.85. The van der Waals surface area contributed by atoms with Crippen LogP contribution in [-0.4, -0.2) is 23.2 Å². The number of nitrogens with zero attached hydrogens (tertiary/aromatic N) is 2. The summed E-state index contributed by atoms with van der Waals surface area (Å²) in [6.45, 7) is 1.74.